The van der Waals surface area contributed by atoms with Crippen LogP contribution in [-0.2, 0) is 0 Å². The minimum Gasteiger partial charge on any atom is -0.387 e. The van der Waals surface area contributed by atoms with Crippen LogP contribution in [0.3, 0.4) is 0 Å². The number of nitrogens with zero attached hydrogens (tertiary/aromatic N) is 2. The Morgan fingerprint density at radius 2 is 2.00 bits per heavy atom. The first kappa shape index (κ1) is 18.9. The van der Waals surface area contributed by atoms with E-state index in [9.17, 15) is 9.90 Å². The molecule has 1 aliphatic rings. The van der Waals surface area contributed by atoms with Crippen molar-refractivity contribution in [3.63, 3.8) is 0 Å². The van der Waals surface area contributed by atoms with Crippen LogP contribution >= 0.6 is 11.6 Å². The Hall–Kier alpha value is -1.88. The van der Waals surface area contributed by atoms with Gasteiger partial charge in [-0.1, -0.05) is 35.9 Å². The fourth-order valence-electron chi connectivity index (χ4n) is 3.67. The van der Waals surface area contributed by atoms with Crippen LogP contribution in [0.15, 0.2) is 42.5 Å². The summed E-state index contributed by atoms with van der Waals surface area (Å²) in [6.45, 7) is 3.47. The Labute approximate surface area is 160 Å². The zero-order chi connectivity index (χ0) is 18.9. The van der Waals surface area contributed by atoms with Crippen LogP contribution < -0.4 is 0 Å². The average Bonchev–Trinajstić information content (AvgIpc) is 2.97. The molecule has 1 aliphatic heterocycles. The van der Waals surface area contributed by atoms with Crippen molar-refractivity contribution >= 4 is 17.5 Å². The summed E-state index contributed by atoms with van der Waals surface area (Å²) in [6.07, 6.45) is 0.601. The van der Waals surface area contributed by atoms with Crippen molar-refractivity contribution in [2.24, 2.45) is 0 Å². The number of hydrogen-bond donors (Lipinski definition) is 1. The Bertz CT molecular complexity index is 821. The highest BCUT2D eigenvalue weighted by atomic mass is 35.5. The third-order valence-electron chi connectivity index (χ3n) is 4.92. The van der Waals surface area contributed by atoms with Gasteiger partial charge in [-0.05, 0) is 62.3 Å². The number of hydrogen-bond acceptors (Lipinski definition) is 3. The lowest BCUT2D eigenvalue weighted by Crippen LogP contribution is -2.43. The van der Waals surface area contributed by atoms with E-state index < -0.39 is 5.60 Å². The number of β-amino-alcohol motifs (C(OH)–C–C–N with tert-alkyl or cyclic N) is 1. The first-order valence-corrected chi connectivity index (χ1v) is 9.19. The van der Waals surface area contributed by atoms with E-state index in [0.29, 0.717) is 36.6 Å². The SMILES string of the molecule is Cc1c(Cl)cccc1-c1cccc(C(=O)N2CC[C@@](O)(CN(C)C)C2)c1. The topological polar surface area (TPSA) is 43.8 Å². The van der Waals surface area contributed by atoms with Gasteiger partial charge in [0.15, 0.2) is 0 Å². The predicted molar refractivity (Wildman–Crippen MR) is 106 cm³/mol. The molecule has 1 N–H and O–H groups in total. The van der Waals surface area contributed by atoms with Crippen molar-refractivity contribution in [1.82, 2.24) is 9.80 Å². The van der Waals surface area contributed by atoms with Gasteiger partial charge < -0.3 is 14.9 Å². The Balaban J connectivity index is 1.83. The quantitative estimate of drug-likeness (QED) is 0.893. The monoisotopic (exact) mass is 372 g/mol. The molecule has 1 saturated heterocycles. The molecule has 2 aromatic carbocycles. The second-order valence-electron chi connectivity index (χ2n) is 7.43. The summed E-state index contributed by atoms with van der Waals surface area (Å²) in [5, 5.41) is 11.4. The molecular formula is C21H25ClN2O2. The molecule has 0 unspecified atom stereocenters. The summed E-state index contributed by atoms with van der Waals surface area (Å²) >= 11 is 6.24. The van der Waals surface area contributed by atoms with Crippen molar-refractivity contribution in [3.8, 4) is 11.1 Å². The lowest BCUT2D eigenvalue weighted by atomic mass is 9.98. The molecule has 26 heavy (non-hydrogen) atoms. The van der Waals surface area contributed by atoms with Gasteiger partial charge in [0.25, 0.3) is 5.91 Å². The molecule has 3 rings (SSSR count). The van der Waals surface area contributed by atoms with Crippen LogP contribution in [0.25, 0.3) is 11.1 Å². The summed E-state index contributed by atoms with van der Waals surface area (Å²) in [7, 11) is 3.86. The third kappa shape index (κ3) is 3.93. The molecule has 0 aromatic heterocycles. The fraction of sp³-hybridized carbons (Fsp3) is 0.381. The number of benzene rings is 2. The van der Waals surface area contributed by atoms with E-state index in [1.54, 1.807) is 4.90 Å². The Morgan fingerprint density at radius 1 is 1.27 bits per heavy atom. The highest BCUT2D eigenvalue weighted by Gasteiger charge is 2.38. The molecule has 0 saturated carbocycles. The van der Waals surface area contributed by atoms with Crippen molar-refractivity contribution < 1.29 is 9.90 Å². The van der Waals surface area contributed by atoms with Crippen molar-refractivity contribution in [3.05, 3.63) is 58.6 Å². The molecule has 1 atom stereocenters. The molecule has 5 heteroatoms. The number of carbonyl (C=O) groups is 1. The summed E-state index contributed by atoms with van der Waals surface area (Å²) in [5.74, 6) is -0.0405. The van der Waals surface area contributed by atoms with E-state index in [2.05, 4.69) is 0 Å². The van der Waals surface area contributed by atoms with Gasteiger partial charge in [-0.2, -0.15) is 0 Å². The van der Waals surface area contributed by atoms with Crippen molar-refractivity contribution in [2.45, 2.75) is 18.9 Å². The van der Waals surface area contributed by atoms with E-state index in [0.717, 1.165) is 16.7 Å². The molecule has 1 fully saturated rings. The molecule has 138 valence electrons. The largest absolute Gasteiger partial charge is 0.387 e. The van der Waals surface area contributed by atoms with Gasteiger partial charge >= 0.3 is 0 Å². The van der Waals surface area contributed by atoms with E-state index in [-0.39, 0.29) is 5.91 Å². The van der Waals surface area contributed by atoms with Gasteiger partial charge in [0.1, 0.15) is 0 Å². The molecule has 0 radical (unpaired) electrons. The minimum atomic E-state index is -0.833. The Kier molecular flexibility index (Phi) is 5.37. The highest BCUT2D eigenvalue weighted by molar-refractivity contribution is 6.31. The number of likely N-dealkylation sites (N-methyl/N-ethyl adjacent to an activating group) is 1. The maximum atomic E-state index is 12.9. The lowest BCUT2D eigenvalue weighted by Gasteiger charge is -2.26. The maximum Gasteiger partial charge on any atom is 0.253 e. The number of halogens is 1. The first-order chi connectivity index (χ1) is 12.3. The smallest absolute Gasteiger partial charge is 0.253 e. The molecule has 0 aliphatic carbocycles. The van der Waals surface area contributed by atoms with Crippen molar-refractivity contribution in [2.75, 3.05) is 33.7 Å². The van der Waals surface area contributed by atoms with Gasteiger partial charge in [-0.15, -0.1) is 0 Å². The van der Waals surface area contributed by atoms with Crippen LogP contribution in [-0.4, -0.2) is 60.1 Å². The number of likely N-dealkylation sites (tertiary alicyclic amines) is 1. The normalized spacial score (nSPS) is 20.0. The summed E-state index contributed by atoms with van der Waals surface area (Å²) < 4.78 is 0. The molecule has 1 heterocycles. The lowest BCUT2D eigenvalue weighted by molar-refractivity contribution is 0.0236. The predicted octanol–water partition coefficient (Wildman–Crippen LogP) is 3.45. The van der Waals surface area contributed by atoms with Gasteiger partial charge in [0.2, 0.25) is 0 Å². The van der Waals surface area contributed by atoms with E-state index in [4.69, 9.17) is 11.6 Å². The maximum absolute atomic E-state index is 12.9. The van der Waals surface area contributed by atoms with Gasteiger partial charge in [0.05, 0.1) is 12.1 Å². The Morgan fingerprint density at radius 3 is 2.73 bits per heavy atom. The van der Waals surface area contributed by atoms with E-state index in [1.807, 2.05) is 68.4 Å². The molecule has 4 nitrogen and oxygen atoms in total. The van der Waals surface area contributed by atoms with Crippen LogP contribution in [0, 0.1) is 6.92 Å². The first-order valence-electron chi connectivity index (χ1n) is 8.81. The molecular weight excluding hydrogens is 348 g/mol. The summed E-state index contributed by atoms with van der Waals surface area (Å²) in [5.41, 5.74) is 2.80. The summed E-state index contributed by atoms with van der Waals surface area (Å²) in [4.78, 5) is 16.6. The third-order valence-corrected chi connectivity index (χ3v) is 5.33. The van der Waals surface area contributed by atoms with Crippen LogP contribution in [0.2, 0.25) is 5.02 Å². The second kappa shape index (κ2) is 7.39. The number of carbonyl (C=O) groups excluding carboxylic acids is 1. The number of amides is 1. The number of rotatable bonds is 4. The number of aliphatic hydroxyl groups is 1. The summed E-state index contributed by atoms with van der Waals surface area (Å²) in [6, 6.07) is 13.4. The van der Waals surface area contributed by atoms with Crippen LogP contribution in [0.1, 0.15) is 22.3 Å². The second-order valence-corrected chi connectivity index (χ2v) is 7.84. The van der Waals surface area contributed by atoms with E-state index >= 15 is 0 Å². The van der Waals surface area contributed by atoms with Crippen molar-refractivity contribution in [1.29, 1.82) is 0 Å². The molecule has 1 amide bonds. The zero-order valence-corrected chi connectivity index (χ0v) is 16.3. The van der Waals surface area contributed by atoms with Gasteiger partial charge in [0, 0.05) is 23.7 Å². The van der Waals surface area contributed by atoms with Gasteiger partial charge in [-0.25, -0.2) is 0 Å². The standard InChI is InChI=1S/C21H25ClN2O2/c1-15-18(8-5-9-19(15)22)16-6-4-7-17(12-16)20(25)24-11-10-21(26,14-24)13-23(2)3/h4-9,12,26H,10-11,13-14H2,1-3H3/t21-/m1/s1. The van der Waals surface area contributed by atoms with E-state index in [1.165, 1.54) is 0 Å². The molecule has 0 bridgehead atoms. The highest BCUT2D eigenvalue weighted by Crippen LogP contribution is 2.30. The average molecular weight is 373 g/mol. The molecule has 2 aromatic rings. The fourth-order valence-corrected chi connectivity index (χ4v) is 3.84. The van der Waals surface area contributed by atoms with Crippen LogP contribution in [0.4, 0.5) is 0 Å². The van der Waals surface area contributed by atoms with Crippen LogP contribution in [0.5, 0.6) is 0 Å². The minimum absolute atomic E-state index is 0.0405. The van der Waals surface area contributed by atoms with Gasteiger partial charge in [-0.3, -0.25) is 4.79 Å². The molecule has 0 spiro atoms. The zero-order valence-electron chi connectivity index (χ0n) is 15.5.